The third kappa shape index (κ3) is 3.48. The molecule has 0 radical (unpaired) electrons. The van der Waals surface area contributed by atoms with E-state index in [1.807, 2.05) is 30.3 Å². The summed E-state index contributed by atoms with van der Waals surface area (Å²) in [4.78, 5) is 0. The molecular formula is C16H16ClFO. The number of rotatable bonds is 4. The molecule has 0 N–H and O–H groups in total. The van der Waals surface area contributed by atoms with Crippen LogP contribution in [0.2, 0.25) is 0 Å². The molecule has 1 unspecified atom stereocenters. The van der Waals surface area contributed by atoms with Gasteiger partial charge in [0.2, 0.25) is 0 Å². The molecule has 1 nitrogen and oxygen atoms in total. The predicted molar refractivity (Wildman–Crippen MR) is 76.4 cm³/mol. The molecule has 0 aliphatic carbocycles. The van der Waals surface area contributed by atoms with Gasteiger partial charge in [0.1, 0.15) is 11.6 Å². The second-order valence-corrected chi connectivity index (χ2v) is 5.06. The largest absolute Gasteiger partial charge is 0.497 e. The van der Waals surface area contributed by atoms with Crippen molar-refractivity contribution in [3.05, 3.63) is 65.0 Å². The minimum atomic E-state index is -0.233. The first kappa shape index (κ1) is 13.9. The van der Waals surface area contributed by atoms with Crippen molar-refractivity contribution in [2.24, 2.45) is 0 Å². The zero-order valence-corrected chi connectivity index (χ0v) is 11.7. The van der Waals surface area contributed by atoms with E-state index in [0.29, 0.717) is 12.0 Å². The lowest BCUT2D eigenvalue weighted by atomic mass is 10.0. The Morgan fingerprint density at radius 2 is 1.84 bits per heavy atom. The molecule has 2 aromatic rings. The Morgan fingerprint density at radius 1 is 1.16 bits per heavy atom. The fraction of sp³-hybridized carbons (Fsp3) is 0.250. The lowest BCUT2D eigenvalue weighted by Crippen LogP contribution is -1.97. The Morgan fingerprint density at radius 3 is 2.42 bits per heavy atom. The lowest BCUT2D eigenvalue weighted by molar-refractivity contribution is 0.414. The van der Waals surface area contributed by atoms with Crippen LogP contribution in [0.5, 0.6) is 5.75 Å². The molecule has 0 spiro atoms. The smallest absolute Gasteiger partial charge is 0.126 e. The second-order valence-electron chi connectivity index (χ2n) is 4.53. The number of alkyl halides is 1. The predicted octanol–water partition coefficient (Wildman–Crippen LogP) is 4.67. The monoisotopic (exact) mass is 278 g/mol. The van der Waals surface area contributed by atoms with E-state index < -0.39 is 0 Å². The maximum absolute atomic E-state index is 13.5. The van der Waals surface area contributed by atoms with Gasteiger partial charge in [-0.1, -0.05) is 24.3 Å². The fourth-order valence-electron chi connectivity index (χ4n) is 1.89. The summed E-state index contributed by atoms with van der Waals surface area (Å²) in [6.07, 6.45) is 0.661. The van der Waals surface area contributed by atoms with Gasteiger partial charge in [0.05, 0.1) is 12.5 Å². The van der Waals surface area contributed by atoms with E-state index in [0.717, 1.165) is 16.9 Å². The summed E-state index contributed by atoms with van der Waals surface area (Å²) >= 11 is 6.34. The molecule has 3 heteroatoms. The van der Waals surface area contributed by atoms with Gasteiger partial charge in [0, 0.05) is 0 Å². The molecule has 0 saturated carbocycles. The third-order valence-corrected chi connectivity index (χ3v) is 3.54. The highest BCUT2D eigenvalue weighted by molar-refractivity contribution is 6.20. The van der Waals surface area contributed by atoms with Crippen molar-refractivity contribution < 1.29 is 9.13 Å². The molecule has 2 rings (SSSR count). The van der Waals surface area contributed by atoms with Crippen molar-refractivity contribution in [1.29, 1.82) is 0 Å². The van der Waals surface area contributed by atoms with Gasteiger partial charge in [-0.15, -0.1) is 11.6 Å². The normalized spacial score (nSPS) is 12.2. The van der Waals surface area contributed by atoms with Crippen LogP contribution < -0.4 is 4.74 Å². The zero-order chi connectivity index (χ0) is 13.8. The number of hydrogen-bond donors (Lipinski definition) is 0. The molecule has 0 aliphatic heterocycles. The number of ether oxygens (including phenoxy) is 1. The quantitative estimate of drug-likeness (QED) is 0.739. The number of hydrogen-bond acceptors (Lipinski definition) is 1. The summed E-state index contributed by atoms with van der Waals surface area (Å²) in [5.74, 6) is 0.606. The average Bonchev–Trinajstić information content (AvgIpc) is 2.42. The van der Waals surface area contributed by atoms with Crippen molar-refractivity contribution >= 4 is 11.6 Å². The highest BCUT2D eigenvalue weighted by atomic mass is 35.5. The van der Waals surface area contributed by atoms with Crippen LogP contribution in [0.1, 0.15) is 22.1 Å². The van der Waals surface area contributed by atoms with Crippen LogP contribution in [-0.4, -0.2) is 7.11 Å². The zero-order valence-electron chi connectivity index (χ0n) is 11.0. The molecule has 0 bridgehead atoms. The molecule has 2 aromatic carbocycles. The minimum absolute atomic E-state index is 0.210. The van der Waals surface area contributed by atoms with Gasteiger partial charge < -0.3 is 4.74 Å². The molecule has 0 aliphatic rings. The van der Waals surface area contributed by atoms with E-state index in [-0.39, 0.29) is 11.2 Å². The van der Waals surface area contributed by atoms with E-state index >= 15 is 0 Å². The number of benzene rings is 2. The van der Waals surface area contributed by atoms with Gasteiger partial charge in [0.15, 0.2) is 0 Å². The Labute approximate surface area is 118 Å². The van der Waals surface area contributed by atoms with Crippen LogP contribution in [0, 0.1) is 12.7 Å². The van der Waals surface area contributed by atoms with Crippen LogP contribution in [-0.2, 0) is 6.42 Å². The molecule has 19 heavy (non-hydrogen) atoms. The van der Waals surface area contributed by atoms with Crippen molar-refractivity contribution in [3.63, 3.8) is 0 Å². The summed E-state index contributed by atoms with van der Waals surface area (Å²) < 4.78 is 18.6. The maximum atomic E-state index is 13.5. The van der Waals surface area contributed by atoms with E-state index in [1.165, 1.54) is 6.07 Å². The second kappa shape index (κ2) is 6.07. The molecule has 0 saturated heterocycles. The molecule has 100 valence electrons. The first-order valence-electron chi connectivity index (χ1n) is 6.13. The topological polar surface area (TPSA) is 9.23 Å². The van der Waals surface area contributed by atoms with Crippen LogP contribution in [0.4, 0.5) is 4.39 Å². The Kier molecular flexibility index (Phi) is 4.43. The summed E-state index contributed by atoms with van der Waals surface area (Å²) in [6, 6.07) is 12.9. The van der Waals surface area contributed by atoms with E-state index in [2.05, 4.69) is 0 Å². The third-order valence-electron chi connectivity index (χ3n) is 3.13. The lowest BCUT2D eigenvalue weighted by Gasteiger charge is -2.11. The molecule has 0 aromatic heterocycles. The van der Waals surface area contributed by atoms with Crippen molar-refractivity contribution in [1.82, 2.24) is 0 Å². The number of methoxy groups -OCH3 is 1. The van der Waals surface area contributed by atoms with E-state index in [9.17, 15) is 4.39 Å². The van der Waals surface area contributed by atoms with Crippen LogP contribution in [0.15, 0.2) is 42.5 Å². The highest BCUT2D eigenvalue weighted by Crippen LogP contribution is 2.27. The standard InChI is InChI=1S/C16H16ClFO/c1-11-3-6-13(10-16(11)18)15(17)9-12-4-7-14(19-2)8-5-12/h3-8,10,15H,9H2,1-2H3. The number of halogens is 2. The van der Waals surface area contributed by atoms with Gasteiger partial charge in [-0.2, -0.15) is 0 Å². The van der Waals surface area contributed by atoms with Crippen molar-refractivity contribution in [3.8, 4) is 5.75 Å². The Balaban J connectivity index is 2.10. The number of aryl methyl sites for hydroxylation is 1. The van der Waals surface area contributed by atoms with Gasteiger partial charge in [0.25, 0.3) is 0 Å². The molecular weight excluding hydrogens is 263 g/mol. The summed E-state index contributed by atoms with van der Waals surface area (Å²) in [5, 5.41) is -0.233. The summed E-state index contributed by atoms with van der Waals surface area (Å²) in [6.45, 7) is 1.74. The van der Waals surface area contributed by atoms with Crippen LogP contribution >= 0.6 is 11.6 Å². The first-order chi connectivity index (χ1) is 9.10. The van der Waals surface area contributed by atoms with Crippen LogP contribution in [0.3, 0.4) is 0 Å². The average molecular weight is 279 g/mol. The molecule has 1 atom stereocenters. The summed E-state index contributed by atoms with van der Waals surface area (Å²) in [7, 11) is 1.63. The highest BCUT2D eigenvalue weighted by Gasteiger charge is 2.11. The maximum Gasteiger partial charge on any atom is 0.126 e. The molecule has 0 heterocycles. The van der Waals surface area contributed by atoms with E-state index in [1.54, 1.807) is 20.1 Å². The Bertz CT molecular complexity index is 551. The first-order valence-corrected chi connectivity index (χ1v) is 6.57. The van der Waals surface area contributed by atoms with E-state index in [4.69, 9.17) is 16.3 Å². The Hall–Kier alpha value is -1.54. The summed E-state index contributed by atoms with van der Waals surface area (Å²) in [5.41, 5.74) is 2.54. The van der Waals surface area contributed by atoms with Gasteiger partial charge >= 0.3 is 0 Å². The molecule has 0 amide bonds. The van der Waals surface area contributed by atoms with Gasteiger partial charge in [-0.3, -0.25) is 0 Å². The van der Waals surface area contributed by atoms with Gasteiger partial charge in [-0.05, 0) is 48.2 Å². The van der Waals surface area contributed by atoms with Crippen LogP contribution in [0.25, 0.3) is 0 Å². The minimum Gasteiger partial charge on any atom is -0.497 e. The molecule has 0 fully saturated rings. The SMILES string of the molecule is COc1ccc(CC(Cl)c2ccc(C)c(F)c2)cc1. The van der Waals surface area contributed by atoms with Crippen molar-refractivity contribution in [2.45, 2.75) is 18.7 Å². The van der Waals surface area contributed by atoms with Gasteiger partial charge in [-0.25, -0.2) is 4.39 Å². The van der Waals surface area contributed by atoms with Crippen molar-refractivity contribution in [2.75, 3.05) is 7.11 Å². The fourth-order valence-corrected chi connectivity index (χ4v) is 2.20.